The third-order valence-electron chi connectivity index (χ3n) is 6.81. The molecule has 0 saturated carbocycles. The van der Waals surface area contributed by atoms with Crippen LogP contribution in [0.4, 0.5) is 11.5 Å². The third-order valence-corrected chi connectivity index (χ3v) is 6.81. The summed E-state index contributed by atoms with van der Waals surface area (Å²) < 4.78 is 1.91. The normalized spacial score (nSPS) is 14.2. The fourth-order valence-electron chi connectivity index (χ4n) is 4.55. The van der Waals surface area contributed by atoms with Gasteiger partial charge in [0.1, 0.15) is 5.69 Å². The summed E-state index contributed by atoms with van der Waals surface area (Å²) in [6.07, 6.45) is 2.35. The molecule has 4 rings (SSSR count). The van der Waals surface area contributed by atoms with Gasteiger partial charge in [0, 0.05) is 31.5 Å². The van der Waals surface area contributed by atoms with Crippen molar-refractivity contribution in [2.75, 3.05) is 29.9 Å². The number of amides is 2. The average Bonchev–Trinajstić information content (AvgIpc) is 3.21. The van der Waals surface area contributed by atoms with Crippen LogP contribution >= 0.6 is 0 Å². The van der Waals surface area contributed by atoms with E-state index in [0.29, 0.717) is 6.54 Å². The quantitative estimate of drug-likeness (QED) is 0.484. The molecule has 0 atom stereocenters. The molecule has 2 heterocycles. The summed E-state index contributed by atoms with van der Waals surface area (Å²) in [6, 6.07) is 18.4. The number of para-hydroxylation sites is 1. The molecule has 1 aliphatic rings. The predicted octanol–water partition coefficient (Wildman–Crippen LogP) is 4.66. The van der Waals surface area contributed by atoms with E-state index in [9.17, 15) is 9.59 Å². The number of aryl methyl sites for hydroxylation is 2. The molecule has 1 aromatic heterocycles. The number of hydrogen-bond acceptors (Lipinski definition) is 4. The molecule has 3 aromatic rings. The van der Waals surface area contributed by atoms with Crippen molar-refractivity contribution in [3.05, 3.63) is 71.4 Å². The molecule has 1 fully saturated rings. The molecular formula is C29H37N5O2. The maximum atomic E-state index is 12.9. The minimum absolute atomic E-state index is 0.0119. The Labute approximate surface area is 213 Å². The molecule has 1 saturated heterocycles. The first kappa shape index (κ1) is 25.5. The van der Waals surface area contributed by atoms with E-state index in [1.54, 1.807) is 0 Å². The van der Waals surface area contributed by atoms with Gasteiger partial charge in [0.05, 0.1) is 11.4 Å². The number of nitrogens with one attached hydrogen (secondary N) is 2. The van der Waals surface area contributed by atoms with E-state index in [1.165, 1.54) is 11.1 Å². The highest BCUT2D eigenvalue weighted by Crippen LogP contribution is 2.35. The van der Waals surface area contributed by atoms with E-state index >= 15 is 0 Å². The molecule has 2 aromatic carbocycles. The largest absolute Gasteiger partial charge is 0.356 e. The van der Waals surface area contributed by atoms with Crippen molar-refractivity contribution in [2.24, 2.45) is 11.8 Å². The standard InChI is InChI=1S/C29H37N5O2/c1-20(2)27(35)31-26-22(4)32-34(25-8-6-5-7-9-25)29(26)33-18-15-24(16-19-33)28(36)30-17-14-23-12-10-21(3)11-13-23/h5-13,20,24H,14-19H2,1-4H3,(H,30,36)(H,31,35). The number of benzene rings is 2. The second kappa shape index (κ2) is 11.4. The van der Waals surface area contributed by atoms with Gasteiger partial charge in [0.2, 0.25) is 11.8 Å². The fraction of sp³-hybridized carbons (Fsp3) is 0.414. The van der Waals surface area contributed by atoms with Gasteiger partial charge in [-0.3, -0.25) is 9.59 Å². The number of piperidine rings is 1. The van der Waals surface area contributed by atoms with Gasteiger partial charge in [0.15, 0.2) is 5.82 Å². The van der Waals surface area contributed by atoms with E-state index in [-0.39, 0.29) is 23.7 Å². The van der Waals surface area contributed by atoms with E-state index in [1.807, 2.05) is 55.8 Å². The van der Waals surface area contributed by atoms with Gasteiger partial charge >= 0.3 is 0 Å². The summed E-state index contributed by atoms with van der Waals surface area (Å²) in [5.74, 6) is 0.831. The van der Waals surface area contributed by atoms with Crippen LogP contribution in [0.15, 0.2) is 54.6 Å². The molecule has 2 amide bonds. The Balaban J connectivity index is 1.44. The summed E-state index contributed by atoms with van der Waals surface area (Å²) in [6.45, 7) is 9.86. The Bertz CT molecular complexity index is 1180. The van der Waals surface area contributed by atoms with Crippen molar-refractivity contribution < 1.29 is 9.59 Å². The van der Waals surface area contributed by atoms with Gasteiger partial charge in [-0.1, -0.05) is 61.9 Å². The number of nitrogens with zero attached hydrogens (tertiary/aromatic N) is 3. The van der Waals surface area contributed by atoms with Crippen molar-refractivity contribution in [3.8, 4) is 5.69 Å². The second-order valence-corrected chi connectivity index (χ2v) is 9.96. The molecule has 0 radical (unpaired) electrons. The van der Waals surface area contributed by atoms with Crippen LogP contribution < -0.4 is 15.5 Å². The molecule has 0 unspecified atom stereocenters. The molecule has 190 valence electrons. The van der Waals surface area contributed by atoms with Crippen LogP contribution in [0.1, 0.15) is 43.5 Å². The molecule has 1 aliphatic heterocycles. The van der Waals surface area contributed by atoms with Crippen LogP contribution in [0.2, 0.25) is 0 Å². The number of carbonyl (C=O) groups excluding carboxylic acids is 2. The molecule has 2 N–H and O–H groups in total. The third kappa shape index (κ3) is 5.96. The van der Waals surface area contributed by atoms with Crippen molar-refractivity contribution in [2.45, 2.75) is 47.0 Å². The summed E-state index contributed by atoms with van der Waals surface area (Å²) in [5, 5.41) is 11.0. The number of rotatable bonds is 8. The number of hydrogen-bond donors (Lipinski definition) is 2. The van der Waals surface area contributed by atoms with Gasteiger partial charge < -0.3 is 15.5 Å². The molecule has 7 nitrogen and oxygen atoms in total. The Hall–Kier alpha value is -3.61. The van der Waals surface area contributed by atoms with Gasteiger partial charge in [-0.25, -0.2) is 4.68 Å². The summed E-state index contributed by atoms with van der Waals surface area (Å²) in [4.78, 5) is 27.7. The number of aromatic nitrogens is 2. The summed E-state index contributed by atoms with van der Waals surface area (Å²) in [5.41, 5.74) is 4.94. The molecular weight excluding hydrogens is 450 g/mol. The Kier molecular flexibility index (Phi) is 8.08. The lowest BCUT2D eigenvalue weighted by atomic mass is 9.95. The number of carbonyl (C=O) groups is 2. The van der Waals surface area contributed by atoms with Crippen LogP contribution in [0.25, 0.3) is 5.69 Å². The SMILES string of the molecule is Cc1ccc(CCNC(=O)C2CCN(c3c(NC(=O)C(C)C)c(C)nn3-c3ccccc3)CC2)cc1. The first-order valence-electron chi connectivity index (χ1n) is 12.9. The number of anilines is 2. The van der Waals surface area contributed by atoms with Crippen molar-refractivity contribution >= 4 is 23.3 Å². The van der Waals surface area contributed by atoms with Crippen molar-refractivity contribution in [1.29, 1.82) is 0 Å². The molecule has 7 heteroatoms. The smallest absolute Gasteiger partial charge is 0.227 e. The van der Waals surface area contributed by atoms with Crippen molar-refractivity contribution in [3.63, 3.8) is 0 Å². The van der Waals surface area contributed by atoms with Crippen LogP contribution in [0, 0.1) is 25.7 Å². The molecule has 0 spiro atoms. The molecule has 36 heavy (non-hydrogen) atoms. The van der Waals surface area contributed by atoms with E-state index < -0.39 is 0 Å². The van der Waals surface area contributed by atoms with Gasteiger partial charge in [-0.2, -0.15) is 5.10 Å². The summed E-state index contributed by atoms with van der Waals surface area (Å²) >= 11 is 0. The predicted molar refractivity (Wildman–Crippen MR) is 145 cm³/mol. The first-order valence-corrected chi connectivity index (χ1v) is 12.9. The lowest BCUT2D eigenvalue weighted by Gasteiger charge is -2.33. The van der Waals surface area contributed by atoms with Crippen LogP contribution in [-0.2, 0) is 16.0 Å². The lowest BCUT2D eigenvalue weighted by Crippen LogP contribution is -2.42. The topological polar surface area (TPSA) is 79.3 Å². The minimum atomic E-state index is -0.133. The minimum Gasteiger partial charge on any atom is -0.356 e. The molecule has 0 aliphatic carbocycles. The van der Waals surface area contributed by atoms with Crippen LogP contribution in [0.3, 0.4) is 0 Å². The van der Waals surface area contributed by atoms with Crippen molar-refractivity contribution in [1.82, 2.24) is 15.1 Å². The zero-order valence-electron chi connectivity index (χ0n) is 21.8. The maximum absolute atomic E-state index is 12.9. The Morgan fingerprint density at radius 1 is 1.00 bits per heavy atom. The van der Waals surface area contributed by atoms with Crippen LogP contribution in [-0.4, -0.2) is 41.2 Å². The zero-order chi connectivity index (χ0) is 25.7. The maximum Gasteiger partial charge on any atom is 0.227 e. The second-order valence-electron chi connectivity index (χ2n) is 9.96. The van der Waals surface area contributed by atoms with E-state index in [4.69, 9.17) is 5.10 Å². The summed E-state index contributed by atoms with van der Waals surface area (Å²) in [7, 11) is 0. The lowest BCUT2D eigenvalue weighted by molar-refractivity contribution is -0.125. The van der Waals surface area contributed by atoms with Gasteiger partial charge in [-0.15, -0.1) is 0 Å². The van der Waals surface area contributed by atoms with E-state index in [0.717, 1.165) is 55.2 Å². The van der Waals surface area contributed by atoms with E-state index in [2.05, 4.69) is 46.7 Å². The Morgan fingerprint density at radius 2 is 1.67 bits per heavy atom. The van der Waals surface area contributed by atoms with Gasteiger partial charge in [0.25, 0.3) is 0 Å². The highest BCUT2D eigenvalue weighted by atomic mass is 16.2. The van der Waals surface area contributed by atoms with Crippen LogP contribution in [0.5, 0.6) is 0 Å². The zero-order valence-corrected chi connectivity index (χ0v) is 21.8. The molecule has 0 bridgehead atoms. The monoisotopic (exact) mass is 487 g/mol. The fourth-order valence-corrected chi connectivity index (χ4v) is 4.55. The highest BCUT2D eigenvalue weighted by molar-refractivity contribution is 5.96. The first-order chi connectivity index (χ1) is 17.3. The Morgan fingerprint density at radius 3 is 2.31 bits per heavy atom. The average molecular weight is 488 g/mol. The highest BCUT2D eigenvalue weighted by Gasteiger charge is 2.30. The van der Waals surface area contributed by atoms with Gasteiger partial charge in [-0.05, 0) is 50.8 Å².